The molecule has 0 radical (unpaired) electrons. The first-order valence-electron chi connectivity index (χ1n) is 10.4. The highest BCUT2D eigenvalue weighted by Gasteiger charge is 2.10. The van der Waals surface area contributed by atoms with E-state index in [1.165, 1.54) is 11.6 Å². The molecular formula is C26H27FN2O. The van der Waals surface area contributed by atoms with Gasteiger partial charge >= 0.3 is 0 Å². The molecule has 3 rings (SSSR count). The SMILES string of the molecule is C/C(=N\c1ncc(-c2ccccc2F)cc1C)C(=O)CCCCCc1ccccc1. The van der Waals surface area contributed by atoms with Gasteiger partial charge in [0.1, 0.15) is 5.82 Å². The second-order valence-corrected chi connectivity index (χ2v) is 7.51. The third kappa shape index (κ3) is 5.93. The second-order valence-electron chi connectivity index (χ2n) is 7.51. The standard InChI is InChI=1S/C26H27FN2O/c1-19-17-22(23-14-9-10-15-24(23)27)18-28-26(19)29-20(2)25(30)16-8-4-7-13-21-11-5-3-6-12-21/h3,5-6,9-12,14-15,17-18H,4,7-8,13,16H2,1-2H3/b29-20+. The van der Waals surface area contributed by atoms with Crippen molar-refractivity contribution in [2.24, 2.45) is 4.99 Å². The van der Waals surface area contributed by atoms with Crippen LogP contribution in [0.4, 0.5) is 10.2 Å². The number of halogens is 1. The number of Topliss-reactive ketones (excluding diaryl/α,β-unsaturated/α-hetero) is 1. The van der Waals surface area contributed by atoms with Gasteiger partial charge in [0, 0.05) is 23.7 Å². The van der Waals surface area contributed by atoms with Crippen molar-refractivity contribution in [3.05, 3.63) is 83.8 Å². The Bertz CT molecular complexity index is 1030. The summed E-state index contributed by atoms with van der Waals surface area (Å²) in [4.78, 5) is 21.2. The van der Waals surface area contributed by atoms with Crippen LogP contribution in [0.25, 0.3) is 11.1 Å². The number of aromatic nitrogens is 1. The first-order chi connectivity index (χ1) is 14.5. The monoisotopic (exact) mass is 402 g/mol. The molecule has 1 aromatic heterocycles. The Hall–Kier alpha value is -3.14. The average molecular weight is 403 g/mol. The number of unbranched alkanes of at least 4 members (excludes halogenated alkanes) is 2. The summed E-state index contributed by atoms with van der Waals surface area (Å²) in [5.41, 5.74) is 3.82. The number of aliphatic imine (C=N–C) groups is 1. The Morgan fingerprint density at radius 2 is 1.73 bits per heavy atom. The van der Waals surface area contributed by atoms with Crippen molar-refractivity contribution in [3.8, 4) is 11.1 Å². The minimum Gasteiger partial charge on any atom is -0.293 e. The summed E-state index contributed by atoms with van der Waals surface area (Å²) in [7, 11) is 0. The quantitative estimate of drug-likeness (QED) is 0.297. The zero-order chi connectivity index (χ0) is 21.3. The molecule has 2 aromatic carbocycles. The van der Waals surface area contributed by atoms with Crippen LogP contribution >= 0.6 is 0 Å². The van der Waals surface area contributed by atoms with Gasteiger partial charge < -0.3 is 0 Å². The Kier molecular flexibility index (Phi) is 7.61. The third-order valence-electron chi connectivity index (χ3n) is 5.12. The van der Waals surface area contributed by atoms with Gasteiger partial charge in [-0.05, 0) is 56.4 Å². The van der Waals surface area contributed by atoms with E-state index < -0.39 is 0 Å². The van der Waals surface area contributed by atoms with Crippen molar-refractivity contribution < 1.29 is 9.18 Å². The molecule has 0 N–H and O–H groups in total. The zero-order valence-corrected chi connectivity index (χ0v) is 17.6. The van der Waals surface area contributed by atoms with Crippen LogP contribution in [0.1, 0.15) is 43.7 Å². The summed E-state index contributed by atoms with van der Waals surface area (Å²) < 4.78 is 14.0. The minimum atomic E-state index is -0.284. The fourth-order valence-electron chi connectivity index (χ4n) is 3.37. The maximum absolute atomic E-state index is 14.0. The predicted molar refractivity (Wildman–Crippen MR) is 121 cm³/mol. The van der Waals surface area contributed by atoms with Crippen molar-refractivity contribution in [2.75, 3.05) is 0 Å². The number of aryl methyl sites for hydroxylation is 2. The minimum absolute atomic E-state index is 0.0501. The fraction of sp³-hybridized carbons (Fsp3) is 0.269. The molecule has 0 amide bonds. The van der Waals surface area contributed by atoms with Gasteiger partial charge in [0.2, 0.25) is 0 Å². The molecule has 1 heterocycles. The van der Waals surface area contributed by atoms with Crippen molar-refractivity contribution in [1.29, 1.82) is 0 Å². The summed E-state index contributed by atoms with van der Waals surface area (Å²) in [5, 5.41) is 0. The summed E-state index contributed by atoms with van der Waals surface area (Å²) in [5.74, 6) is 0.271. The number of hydrogen-bond donors (Lipinski definition) is 0. The number of ketones is 1. The molecule has 4 heteroatoms. The number of rotatable bonds is 9. The van der Waals surface area contributed by atoms with Gasteiger partial charge in [-0.2, -0.15) is 0 Å². The molecule has 0 aliphatic heterocycles. The van der Waals surface area contributed by atoms with Gasteiger partial charge in [0.05, 0.1) is 5.71 Å². The maximum Gasteiger partial charge on any atom is 0.176 e. The summed E-state index contributed by atoms with van der Waals surface area (Å²) in [6.45, 7) is 3.61. The number of carbonyl (C=O) groups is 1. The zero-order valence-electron chi connectivity index (χ0n) is 17.6. The lowest BCUT2D eigenvalue weighted by Gasteiger charge is -2.07. The van der Waals surface area contributed by atoms with Crippen molar-refractivity contribution in [1.82, 2.24) is 4.98 Å². The van der Waals surface area contributed by atoms with E-state index in [1.54, 1.807) is 31.3 Å². The van der Waals surface area contributed by atoms with Crippen molar-refractivity contribution in [3.63, 3.8) is 0 Å². The molecular weight excluding hydrogens is 375 g/mol. The van der Waals surface area contributed by atoms with E-state index in [9.17, 15) is 9.18 Å². The molecule has 0 fully saturated rings. The lowest BCUT2D eigenvalue weighted by atomic mass is 10.0. The topological polar surface area (TPSA) is 42.3 Å². The highest BCUT2D eigenvalue weighted by molar-refractivity contribution is 6.39. The molecule has 3 aromatic rings. The first kappa shape index (κ1) is 21.6. The van der Waals surface area contributed by atoms with Gasteiger partial charge in [-0.15, -0.1) is 0 Å². The van der Waals surface area contributed by atoms with Crippen LogP contribution in [0.15, 0.2) is 71.9 Å². The largest absolute Gasteiger partial charge is 0.293 e. The van der Waals surface area contributed by atoms with E-state index in [-0.39, 0.29) is 11.6 Å². The number of benzene rings is 2. The first-order valence-corrected chi connectivity index (χ1v) is 10.4. The number of pyridine rings is 1. The highest BCUT2D eigenvalue weighted by Crippen LogP contribution is 2.26. The van der Waals surface area contributed by atoms with Crippen LogP contribution in [0.2, 0.25) is 0 Å². The van der Waals surface area contributed by atoms with Crippen molar-refractivity contribution >= 4 is 17.3 Å². The lowest BCUT2D eigenvalue weighted by molar-refractivity contribution is -0.113. The van der Waals surface area contributed by atoms with Crippen LogP contribution in [-0.2, 0) is 11.2 Å². The average Bonchev–Trinajstić information content (AvgIpc) is 2.76. The number of nitrogens with zero attached hydrogens (tertiary/aromatic N) is 2. The van der Waals surface area contributed by atoms with Crippen LogP contribution in [-0.4, -0.2) is 16.5 Å². The number of hydrogen-bond acceptors (Lipinski definition) is 3. The van der Waals surface area contributed by atoms with Gasteiger partial charge in [-0.25, -0.2) is 14.4 Å². The van der Waals surface area contributed by atoms with Crippen LogP contribution in [0, 0.1) is 12.7 Å². The Morgan fingerprint density at radius 1 is 1.00 bits per heavy atom. The molecule has 0 aliphatic rings. The third-order valence-corrected chi connectivity index (χ3v) is 5.12. The Morgan fingerprint density at radius 3 is 2.47 bits per heavy atom. The van der Waals surface area contributed by atoms with E-state index in [4.69, 9.17) is 0 Å². The fourth-order valence-corrected chi connectivity index (χ4v) is 3.37. The normalized spacial score (nSPS) is 11.5. The van der Waals surface area contributed by atoms with E-state index >= 15 is 0 Å². The van der Waals surface area contributed by atoms with Crippen molar-refractivity contribution in [2.45, 2.75) is 46.0 Å². The smallest absolute Gasteiger partial charge is 0.176 e. The molecule has 0 aliphatic carbocycles. The maximum atomic E-state index is 14.0. The molecule has 30 heavy (non-hydrogen) atoms. The van der Waals surface area contributed by atoms with E-state index in [0.717, 1.165) is 31.2 Å². The van der Waals surface area contributed by atoms with Gasteiger partial charge in [-0.1, -0.05) is 55.0 Å². The summed E-state index contributed by atoms with van der Waals surface area (Å²) >= 11 is 0. The van der Waals surface area contributed by atoms with Crippen LogP contribution in [0.5, 0.6) is 0 Å². The summed E-state index contributed by atoms with van der Waals surface area (Å²) in [6.07, 6.45) is 6.09. The molecule has 0 bridgehead atoms. The van der Waals surface area contributed by atoms with Gasteiger partial charge in [0.25, 0.3) is 0 Å². The molecule has 0 atom stereocenters. The van der Waals surface area contributed by atoms with Crippen LogP contribution < -0.4 is 0 Å². The second kappa shape index (κ2) is 10.6. The van der Waals surface area contributed by atoms with E-state index in [1.807, 2.05) is 19.1 Å². The number of carbonyl (C=O) groups excluding carboxylic acids is 1. The molecule has 3 nitrogen and oxygen atoms in total. The molecule has 0 saturated carbocycles. The predicted octanol–water partition coefficient (Wildman–Crippen LogP) is 6.66. The van der Waals surface area contributed by atoms with Gasteiger partial charge in [-0.3, -0.25) is 4.79 Å². The molecule has 0 spiro atoms. The Labute approximate surface area is 177 Å². The molecule has 0 saturated heterocycles. The highest BCUT2D eigenvalue weighted by atomic mass is 19.1. The summed E-state index contributed by atoms with van der Waals surface area (Å²) in [6, 6.07) is 18.9. The molecule has 0 unspecified atom stereocenters. The lowest BCUT2D eigenvalue weighted by Crippen LogP contribution is -2.09. The van der Waals surface area contributed by atoms with E-state index in [2.05, 4.69) is 34.2 Å². The van der Waals surface area contributed by atoms with E-state index in [0.29, 0.717) is 29.1 Å². The van der Waals surface area contributed by atoms with Gasteiger partial charge in [0.15, 0.2) is 11.6 Å². The van der Waals surface area contributed by atoms with Crippen LogP contribution in [0.3, 0.4) is 0 Å². The Balaban J connectivity index is 1.54. The molecule has 154 valence electrons.